The Morgan fingerprint density at radius 2 is 2.00 bits per heavy atom. The molecule has 0 radical (unpaired) electrons. The Morgan fingerprint density at radius 1 is 1.33 bits per heavy atom. The Kier molecular flexibility index (Phi) is 3.29. The summed E-state index contributed by atoms with van der Waals surface area (Å²) in [5, 5.41) is 0. The topological polar surface area (TPSA) is 20.3 Å². The zero-order chi connectivity index (χ0) is 10.8. The second-order valence-electron chi connectivity index (χ2n) is 3.96. The van der Waals surface area contributed by atoms with E-state index in [0.717, 1.165) is 35.1 Å². The van der Waals surface area contributed by atoms with Gasteiger partial charge >= 0.3 is 0 Å². The largest absolute Gasteiger partial charge is 0.339 e. The summed E-state index contributed by atoms with van der Waals surface area (Å²) >= 11 is 2.28. The number of likely N-dealkylation sites (tertiary alicyclic amines) is 1. The molecule has 0 saturated carbocycles. The quantitative estimate of drug-likeness (QED) is 0.730. The smallest absolute Gasteiger partial charge is 0.253 e. The molecule has 1 heterocycles. The summed E-state index contributed by atoms with van der Waals surface area (Å²) < 4.78 is 1.16. The number of nitrogens with zero attached hydrogens (tertiary/aromatic N) is 1. The Labute approximate surface area is 104 Å². The van der Waals surface area contributed by atoms with Crippen LogP contribution in [0.4, 0.5) is 0 Å². The van der Waals surface area contributed by atoms with Crippen LogP contribution in [-0.2, 0) is 0 Å². The van der Waals surface area contributed by atoms with Crippen LogP contribution in [0.5, 0.6) is 0 Å². The summed E-state index contributed by atoms with van der Waals surface area (Å²) in [4.78, 5) is 14.0. The number of hydrogen-bond acceptors (Lipinski definition) is 1. The van der Waals surface area contributed by atoms with Gasteiger partial charge in [-0.1, -0.05) is 6.07 Å². The van der Waals surface area contributed by atoms with Crippen molar-refractivity contribution >= 4 is 28.5 Å². The first-order valence-electron chi connectivity index (χ1n) is 5.24. The van der Waals surface area contributed by atoms with E-state index in [1.807, 2.05) is 23.1 Å². The van der Waals surface area contributed by atoms with Gasteiger partial charge in [0.25, 0.3) is 5.91 Å². The van der Waals surface area contributed by atoms with E-state index in [2.05, 4.69) is 29.5 Å². The predicted molar refractivity (Wildman–Crippen MR) is 69.0 cm³/mol. The fraction of sp³-hybridized carbons (Fsp3) is 0.417. The van der Waals surface area contributed by atoms with Gasteiger partial charge in [0, 0.05) is 22.2 Å². The third kappa shape index (κ3) is 2.33. The van der Waals surface area contributed by atoms with Crippen LogP contribution >= 0.6 is 22.6 Å². The maximum atomic E-state index is 12.0. The number of carbonyl (C=O) groups is 1. The van der Waals surface area contributed by atoms with E-state index in [1.54, 1.807) is 0 Å². The highest BCUT2D eigenvalue weighted by Gasteiger charge is 2.19. The first-order chi connectivity index (χ1) is 7.18. The molecule has 1 aromatic carbocycles. The van der Waals surface area contributed by atoms with Crippen LogP contribution < -0.4 is 0 Å². The number of halogens is 1. The van der Waals surface area contributed by atoms with Crippen LogP contribution in [-0.4, -0.2) is 23.9 Å². The first-order valence-corrected chi connectivity index (χ1v) is 6.32. The Morgan fingerprint density at radius 3 is 2.60 bits per heavy atom. The summed E-state index contributed by atoms with van der Waals surface area (Å²) in [5.74, 6) is 0.186. The van der Waals surface area contributed by atoms with Crippen molar-refractivity contribution in [1.29, 1.82) is 0 Å². The molecule has 1 aromatic rings. The highest BCUT2D eigenvalue weighted by molar-refractivity contribution is 14.1. The molecular formula is C12H14INO. The zero-order valence-corrected chi connectivity index (χ0v) is 11.0. The maximum Gasteiger partial charge on any atom is 0.253 e. The maximum absolute atomic E-state index is 12.0. The highest BCUT2D eigenvalue weighted by Crippen LogP contribution is 2.17. The lowest BCUT2D eigenvalue weighted by Crippen LogP contribution is -2.27. The van der Waals surface area contributed by atoms with E-state index in [0.29, 0.717) is 0 Å². The second-order valence-corrected chi connectivity index (χ2v) is 5.13. The zero-order valence-electron chi connectivity index (χ0n) is 8.79. The molecule has 1 aliphatic rings. The summed E-state index contributed by atoms with van der Waals surface area (Å²) in [7, 11) is 0. The predicted octanol–water partition coefficient (Wildman–Crippen LogP) is 2.84. The van der Waals surface area contributed by atoms with Gasteiger partial charge in [-0.2, -0.15) is 0 Å². The molecule has 0 aromatic heterocycles. The molecular weight excluding hydrogens is 301 g/mol. The molecule has 3 heteroatoms. The molecule has 1 fully saturated rings. The van der Waals surface area contributed by atoms with E-state index < -0.39 is 0 Å². The minimum Gasteiger partial charge on any atom is -0.339 e. The molecule has 0 atom stereocenters. The molecule has 0 N–H and O–H groups in total. The van der Waals surface area contributed by atoms with Crippen LogP contribution in [0, 0.1) is 10.5 Å². The number of carbonyl (C=O) groups excluding carboxylic acids is 1. The van der Waals surface area contributed by atoms with Crippen molar-refractivity contribution in [3.63, 3.8) is 0 Å². The van der Waals surface area contributed by atoms with Crippen molar-refractivity contribution in [3.05, 3.63) is 32.9 Å². The van der Waals surface area contributed by atoms with Gasteiger partial charge in [0.05, 0.1) is 0 Å². The molecule has 2 nitrogen and oxygen atoms in total. The summed E-state index contributed by atoms with van der Waals surface area (Å²) in [6.07, 6.45) is 2.30. The van der Waals surface area contributed by atoms with Gasteiger partial charge in [-0.15, -0.1) is 0 Å². The molecule has 0 bridgehead atoms. The summed E-state index contributed by atoms with van der Waals surface area (Å²) in [6.45, 7) is 3.90. The van der Waals surface area contributed by atoms with Gasteiger partial charge in [-0.25, -0.2) is 0 Å². The third-order valence-corrected chi connectivity index (χ3v) is 3.97. The fourth-order valence-corrected chi connectivity index (χ4v) is 2.34. The molecule has 1 saturated heterocycles. The van der Waals surface area contributed by atoms with Gasteiger partial charge in [0.2, 0.25) is 0 Å². The number of benzene rings is 1. The van der Waals surface area contributed by atoms with Gasteiger partial charge in [0.1, 0.15) is 0 Å². The van der Waals surface area contributed by atoms with E-state index >= 15 is 0 Å². The van der Waals surface area contributed by atoms with E-state index in [9.17, 15) is 4.79 Å². The van der Waals surface area contributed by atoms with Crippen molar-refractivity contribution in [3.8, 4) is 0 Å². The van der Waals surface area contributed by atoms with Gasteiger partial charge in [0.15, 0.2) is 0 Å². The Bertz CT molecular complexity index is 383. The number of amides is 1. The summed E-state index contributed by atoms with van der Waals surface area (Å²) in [6, 6.07) is 5.93. The standard InChI is InChI=1S/C12H14INO/c1-9-4-5-10(8-11(9)13)12(15)14-6-2-3-7-14/h4-5,8H,2-3,6-7H2,1H3. The number of hydrogen-bond donors (Lipinski definition) is 0. The van der Waals surface area contributed by atoms with Crippen LogP contribution in [0.1, 0.15) is 28.8 Å². The normalized spacial score (nSPS) is 15.7. The first kappa shape index (κ1) is 10.9. The second kappa shape index (κ2) is 4.51. The van der Waals surface area contributed by atoms with Crippen LogP contribution in [0.2, 0.25) is 0 Å². The van der Waals surface area contributed by atoms with E-state index in [1.165, 1.54) is 5.56 Å². The monoisotopic (exact) mass is 315 g/mol. The Hall–Kier alpha value is -0.580. The molecule has 0 unspecified atom stereocenters. The van der Waals surface area contributed by atoms with Gasteiger partial charge in [-0.3, -0.25) is 4.79 Å². The average Bonchev–Trinajstić information content (AvgIpc) is 2.74. The molecule has 80 valence electrons. The van der Waals surface area contributed by atoms with Crippen LogP contribution in [0.15, 0.2) is 18.2 Å². The molecule has 0 aliphatic carbocycles. The highest BCUT2D eigenvalue weighted by atomic mass is 127. The number of rotatable bonds is 1. The minimum atomic E-state index is 0.186. The molecule has 1 amide bonds. The van der Waals surface area contributed by atoms with E-state index in [-0.39, 0.29) is 5.91 Å². The van der Waals surface area contributed by atoms with Crippen molar-refractivity contribution in [2.45, 2.75) is 19.8 Å². The third-order valence-electron chi connectivity index (χ3n) is 2.81. The summed E-state index contributed by atoms with van der Waals surface area (Å²) in [5.41, 5.74) is 2.06. The van der Waals surface area contributed by atoms with Crippen molar-refractivity contribution in [2.24, 2.45) is 0 Å². The van der Waals surface area contributed by atoms with Crippen LogP contribution in [0.3, 0.4) is 0 Å². The lowest BCUT2D eigenvalue weighted by atomic mass is 10.1. The molecule has 0 spiro atoms. The molecule has 1 aliphatic heterocycles. The van der Waals surface area contributed by atoms with Gasteiger partial charge < -0.3 is 4.90 Å². The minimum absolute atomic E-state index is 0.186. The van der Waals surface area contributed by atoms with Crippen molar-refractivity contribution in [2.75, 3.05) is 13.1 Å². The Balaban J connectivity index is 2.21. The lowest BCUT2D eigenvalue weighted by molar-refractivity contribution is 0.0793. The molecule has 2 rings (SSSR count). The van der Waals surface area contributed by atoms with Gasteiger partial charge in [-0.05, 0) is 60.1 Å². The SMILES string of the molecule is Cc1ccc(C(=O)N2CCCC2)cc1I. The van der Waals surface area contributed by atoms with Crippen molar-refractivity contribution in [1.82, 2.24) is 4.90 Å². The van der Waals surface area contributed by atoms with E-state index in [4.69, 9.17) is 0 Å². The van der Waals surface area contributed by atoms with Crippen LogP contribution in [0.25, 0.3) is 0 Å². The lowest BCUT2D eigenvalue weighted by Gasteiger charge is -2.15. The fourth-order valence-electron chi connectivity index (χ4n) is 1.83. The number of aryl methyl sites for hydroxylation is 1. The average molecular weight is 315 g/mol. The molecule has 15 heavy (non-hydrogen) atoms. The van der Waals surface area contributed by atoms with Crippen molar-refractivity contribution < 1.29 is 4.79 Å².